The summed E-state index contributed by atoms with van der Waals surface area (Å²) in [5.74, 6) is -1.96. The molecule has 0 saturated heterocycles. The van der Waals surface area contributed by atoms with Gasteiger partial charge in [0.2, 0.25) is 0 Å². The number of anilines is 3. The first-order valence-electron chi connectivity index (χ1n) is 9.15. The van der Waals surface area contributed by atoms with Gasteiger partial charge in [-0.05, 0) is 30.3 Å². The molecule has 0 aliphatic heterocycles. The predicted octanol–water partition coefficient (Wildman–Crippen LogP) is 3.68. The second-order valence-corrected chi connectivity index (χ2v) is 6.27. The summed E-state index contributed by atoms with van der Waals surface area (Å²) in [5, 5.41) is 16.0. The zero-order valence-corrected chi connectivity index (χ0v) is 16.7. The zero-order chi connectivity index (χ0) is 23.1. The third-order valence-corrected chi connectivity index (χ3v) is 4.16. The Bertz CT molecular complexity index is 1170. The van der Waals surface area contributed by atoms with E-state index in [1.807, 2.05) is 0 Å². The van der Waals surface area contributed by atoms with Gasteiger partial charge in [-0.15, -0.1) is 0 Å². The molecular weight excluding hydrogens is 423 g/mol. The highest BCUT2D eigenvalue weighted by atomic mass is 19.1. The number of non-ortho nitro benzene ring substituents is 1. The lowest BCUT2D eigenvalue weighted by Crippen LogP contribution is -2.21. The van der Waals surface area contributed by atoms with Crippen LogP contribution in [0.4, 0.5) is 27.3 Å². The number of carbonyl (C=O) groups excluding carboxylic acids is 2. The lowest BCUT2D eigenvalue weighted by molar-refractivity contribution is -0.384. The Kier molecular flexibility index (Phi) is 6.91. The molecule has 2 aromatic carbocycles. The first kappa shape index (κ1) is 22.2. The molecule has 0 aliphatic rings. The molecule has 0 unspecified atom stereocenters. The van der Waals surface area contributed by atoms with E-state index in [9.17, 15) is 24.1 Å². The molecule has 3 aromatic rings. The molecule has 0 atom stereocenters. The lowest BCUT2D eigenvalue weighted by atomic mass is 10.2. The van der Waals surface area contributed by atoms with Gasteiger partial charge in [-0.1, -0.05) is 12.1 Å². The number of nitro groups is 1. The number of hydrogen-bond donors (Lipinski definition) is 2. The Labute approximate surface area is 181 Å². The van der Waals surface area contributed by atoms with Crippen molar-refractivity contribution in [3.05, 3.63) is 82.3 Å². The van der Waals surface area contributed by atoms with E-state index >= 15 is 0 Å². The number of benzene rings is 2. The number of pyridine rings is 1. The first-order valence-corrected chi connectivity index (χ1v) is 9.15. The largest absolute Gasteiger partial charge is 0.494 e. The van der Waals surface area contributed by atoms with E-state index in [1.54, 1.807) is 6.07 Å². The fourth-order valence-corrected chi connectivity index (χ4v) is 2.65. The van der Waals surface area contributed by atoms with Gasteiger partial charge in [0.15, 0.2) is 6.61 Å². The van der Waals surface area contributed by atoms with E-state index in [0.717, 1.165) is 6.07 Å². The van der Waals surface area contributed by atoms with Crippen molar-refractivity contribution in [2.45, 2.75) is 0 Å². The summed E-state index contributed by atoms with van der Waals surface area (Å²) < 4.78 is 24.0. The van der Waals surface area contributed by atoms with Gasteiger partial charge in [-0.2, -0.15) is 0 Å². The van der Waals surface area contributed by atoms with Gasteiger partial charge in [-0.25, -0.2) is 14.2 Å². The molecule has 2 N–H and O–H groups in total. The van der Waals surface area contributed by atoms with E-state index in [4.69, 9.17) is 9.47 Å². The average Bonchev–Trinajstić information content (AvgIpc) is 2.79. The molecule has 0 radical (unpaired) electrons. The molecule has 1 amide bonds. The van der Waals surface area contributed by atoms with E-state index in [0.29, 0.717) is 0 Å². The second-order valence-electron chi connectivity index (χ2n) is 6.27. The van der Waals surface area contributed by atoms with Crippen LogP contribution < -0.4 is 15.4 Å². The number of nitro benzene ring substituents is 1. The monoisotopic (exact) mass is 440 g/mol. The standard InChI is InChI=1S/C21H17FN4O6/c1-31-18-11-13(26(29)30)8-9-17(18)24-19(27)12-32-21(28)14-5-4-10-23-20(14)25-16-7-3-2-6-15(16)22/h2-11H,12H2,1H3,(H,23,25)(H,24,27). The number of methoxy groups -OCH3 is 1. The maximum atomic E-state index is 13.9. The first-order chi connectivity index (χ1) is 15.4. The van der Waals surface area contributed by atoms with Gasteiger partial charge in [0.1, 0.15) is 22.9 Å². The minimum Gasteiger partial charge on any atom is -0.494 e. The molecule has 1 heterocycles. The molecule has 32 heavy (non-hydrogen) atoms. The van der Waals surface area contributed by atoms with Crippen LogP contribution in [-0.4, -0.2) is 35.5 Å². The number of carbonyl (C=O) groups is 2. The Hall–Kier alpha value is -4.54. The van der Waals surface area contributed by atoms with Crippen LogP contribution in [0.3, 0.4) is 0 Å². The van der Waals surface area contributed by atoms with Gasteiger partial charge in [0.05, 0.1) is 29.5 Å². The van der Waals surface area contributed by atoms with Gasteiger partial charge in [-0.3, -0.25) is 14.9 Å². The highest BCUT2D eigenvalue weighted by molar-refractivity contribution is 5.98. The van der Waals surface area contributed by atoms with Crippen molar-refractivity contribution >= 4 is 34.8 Å². The topological polar surface area (TPSA) is 133 Å². The number of hydrogen-bond acceptors (Lipinski definition) is 8. The number of halogens is 1. The number of ether oxygens (including phenoxy) is 2. The predicted molar refractivity (Wildman–Crippen MR) is 112 cm³/mol. The summed E-state index contributed by atoms with van der Waals surface area (Å²) in [6.07, 6.45) is 1.41. The lowest BCUT2D eigenvalue weighted by Gasteiger charge is -2.12. The van der Waals surface area contributed by atoms with Crippen molar-refractivity contribution in [2.24, 2.45) is 0 Å². The van der Waals surface area contributed by atoms with Crippen LogP contribution in [0.5, 0.6) is 5.75 Å². The van der Waals surface area contributed by atoms with Crippen LogP contribution in [0.15, 0.2) is 60.8 Å². The summed E-state index contributed by atoms with van der Waals surface area (Å²) in [4.78, 5) is 38.9. The Morgan fingerprint density at radius 1 is 1.12 bits per heavy atom. The van der Waals surface area contributed by atoms with E-state index in [1.165, 1.54) is 55.8 Å². The fourth-order valence-electron chi connectivity index (χ4n) is 2.65. The third kappa shape index (κ3) is 5.33. The van der Waals surface area contributed by atoms with Gasteiger partial charge < -0.3 is 20.1 Å². The quantitative estimate of drug-likeness (QED) is 0.308. The number of para-hydroxylation sites is 1. The smallest absolute Gasteiger partial charge is 0.342 e. The normalized spacial score (nSPS) is 10.2. The Morgan fingerprint density at radius 3 is 2.62 bits per heavy atom. The van der Waals surface area contributed by atoms with Gasteiger partial charge in [0, 0.05) is 12.3 Å². The van der Waals surface area contributed by atoms with Crippen LogP contribution in [0.2, 0.25) is 0 Å². The summed E-state index contributed by atoms with van der Waals surface area (Å²) in [7, 11) is 1.29. The van der Waals surface area contributed by atoms with Crippen molar-refractivity contribution < 1.29 is 28.4 Å². The highest BCUT2D eigenvalue weighted by Crippen LogP contribution is 2.29. The summed E-state index contributed by atoms with van der Waals surface area (Å²) in [6.45, 7) is -0.646. The zero-order valence-electron chi connectivity index (χ0n) is 16.7. The second kappa shape index (κ2) is 9.98. The molecule has 1 aromatic heterocycles. The van der Waals surface area contributed by atoms with E-state index in [-0.39, 0.29) is 34.2 Å². The SMILES string of the molecule is COc1cc([N+](=O)[O-])ccc1NC(=O)COC(=O)c1cccnc1Nc1ccccc1F. The molecule has 0 aliphatic carbocycles. The van der Waals surface area contributed by atoms with Gasteiger partial charge >= 0.3 is 5.97 Å². The fraction of sp³-hybridized carbons (Fsp3) is 0.0952. The van der Waals surface area contributed by atoms with Crippen molar-refractivity contribution in [2.75, 3.05) is 24.4 Å². The Morgan fingerprint density at radius 2 is 1.91 bits per heavy atom. The number of esters is 1. The maximum absolute atomic E-state index is 13.9. The molecule has 3 rings (SSSR count). The number of nitrogens with zero attached hydrogens (tertiary/aromatic N) is 2. The molecule has 0 bridgehead atoms. The third-order valence-electron chi connectivity index (χ3n) is 4.16. The number of rotatable bonds is 8. The summed E-state index contributed by atoms with van der Waals surface area (Å²) in [6, 6.07) is 12.4. The highest BCUT2D eigenvalue weighted by Gasteiger charge is 2.18. The number of nitrogens with one attached hydrogen (secondary N) is 2. The number of amides is 1. The van der Waals surface area contributed by atoms with Crippen LogP contribution in [0, 0.1) is 15.9 Å². The Balaban J connectivity index is 1.66. The van der Waals surface area contributed by atoms with Crippen molar-refractivity contribution in [3.63, 3.8) is 0 Å². The van der Waals surface area contributed by atoms with Crippen LogP contribution in [0.25, 0.3) is 0 Å². The van der Waals surface area contributed by atoms with Crippen molar-refractivity contribution in [1.82, 2.24) is 4.98 Å². The van der Waals surface area contributed by atoms with Crippen LogP contribution in [0.1, 0.15) is 10.4 Å². The van der Waals surface area contributed by atoms with E-state index < -0.39 is 29.2 Å². The summed E-state index contributed by atoms with van der Waals surface area (Å²) in [5.41, 5.74) is 0.0694. The molecule has 11 heteroatoms. The molecule has 0 spiro atoms. The molecular formula is C21H17FN4O6. The summed E-state index contributed by atoms with van der Waals surface area (Å²) >= 11 is 0. The van der Waals surface area contributed by atoms with Crippen LogP contribution in [-0.2, 0) is 9.53 Å². The van der Waals surface area contributed by atoms with Gasteiger partial charge in [0.25, 0.3) is 11.6 Å². The number of aromatic nitrogens is 1. The molecule has 0 fully saturated rings. The minimum atomic E-state index is -0.859. The van der Waals surface area contributed by atoms with Crippen molar-refractivity contribution in [3.8, 4) is 5.75 Å². The molecule has 164 valence electrons. The van der Waals surface area contributed by atoms with E-state index in [2.05, 4.69) is 15.6 Å². The maximum Gasteiger partial charge on any atom is 0.342 e. The van der Waals surface area contributed by atoms with Crippen molar-refractivity contribution in [1.29, 1.82) is 0 Å². The molecule has 0 saturated carbocycles. The molecule has 10 nitrogen and oxygen atoms in total. The minimum absolute atomic E-state index is 0.00327. The van der Waals surface area contributed by atoms with Crippen LogP contribution >= 0.6 is 0 Å². The average molecular weight is 440 g/mol.